The molecule has 3 aromatic carbocycles. The van der Waals surface area contributed by atoms with Crippen molar-refractivity contribution in [3.8, 4) is 0 Å². The maximum atomic E-state index is 12.8. The topological polar surface area (TPSA) is 89.5 Å². The van der Waals surface area contributed by atoms with E-state index in [4.69, 9.17) is 4.74 Å². The van der Waals surface area contributed by atoms with Gasteiger partial charge in [0.15, 0.2) is 17.7 Å². The molecule has 0 aliphatic heterocycles. The van der Waals surface area contributed by atoms with E-state index in [9.17, 15) is 19.2 Å². The molecule has 0 unspecified atom stereocenters. The number of hydrogen-bond donors (Lipinski definition) is 1. The van der Waals surface area contributed by atoms with E-state index < -0.39 is 18.0 Å². The number of ether oxygens (including phenoxy) is 1. The van der Waals surface area contributed by atoms with Crippen LogP contribution in [0.1, 0.15) is 44.3 Å². The highest BCUT2D eigenvalue weighted by Gasteiger charge is 2.29. The lowest BCUT2D eigenvalue weighted by Gasteiger charge is -2.19. The van der Waals surface area contributed by atoms with E-state index in [1.54, 1.807) is 42.5 Å². The number of carbonyl (C=O) groups excluding carboxylic acids is 4. The maximum absolute atomic E-state index is 12.8. The molecule has 0 saturated carbocycles. The highest BCUT2D eigenvalue weighted by molar-refractivity contribution is 6.28. The number of benzene rings is 3. The van der Waals surface area contributed by atoms with Crippen molar-refractivity contribution in [1.29, 1.82) is 0 Å². The van der Waals surface area contributed by atoms with E-state index in [0.717, 1.165) is 5.56 Å². The van der Waals surface area contributed by atoms with E-state index in [-0.39, 0.29) is 23.6 Å². The monoisotopic (exact) mass is 413 g/mol. The van der Waals surface area contributed by atoms with Gasteiger partial charge < -0.3 is 10.1 Å². The number of rotatable bonds is 5. The summed E-state index contributed by atoms with van der Waals surface area (Å²) < 4.78 is 5.21. The third kappa shape index (κ3) is 4.14. The first-order valence-corrected chi connectivity index (χ1v) is 9.81. The van der Waals surface area contributed by atoms with Crippen LogP contribution in [0.3, 0.4) is 0 Å². The second-order valence-corrected chi connectivity index (χ2v) is 7.25. The Morgan fingerprint density at radius 1 is 0.806 bits per heavy atom. The molecule has 154 valence electrons. The Bertz CT molecular complexity index is 1200. The Kier molecular flexibility index (Phi) is 5.45. The molecule has 6 heteroatoms. The lowest BCUT2D eigenvalue weighted by molar-refractivity contribution is -0.152. The van der Waals surface area contributed by atoms with Gasteiger partial charge in [0, 0.05) is 27.9 Å². The highest BCUT2D eigenvalue weighted by Crippen LogP contribution is 2.29. The summed E-state index contributed by atoms with van der Waals surface area (Å²) in [5, 5.41) is 2.64. The molecular formula is C25H19NO5. The quantitative estimate of drug-likeness (QED) is 0.505. The largest absolute Gasteiger partial charge is 0.452 e. The Labute approximate surface area is 178 Å². The van der Waals surface area contributed by atoms with Crippen molar-refractivity contribution in [2.24, 2.45) is 0 Å². The summed E-state index contributed by atoms with van der Waals surface area (Å²) in [4.78, 5) is 50.0. The van der Waals surface area contributed by atoms with Crippen molar-refractivity contribution in [2.75, 3.05) is 5.32 Å². The molecule has 0 spiro atoms. The van der Waals surface area contributed by atoms with Gasteiger partial charge in [-0.3, -0.25) is 19.2 Å². The van der Waals surface area contributed by atoms with Gasteiger partial charge in [-0.1, -0.05) is 54.6 Å². The molecule has 1 amide bonds. The fourth-order valence-corrected chi connectivity index (χ4v) is 3.48. The van der Waals surface area contributed by atoms with Crippen LogP contribution < -0.4 is 5.32 Å². The van der Waals surface area contributed by atoms with Crippen LogP contribution in [-0.2, 0) is 20.7 Å². The number of ketones is 2. The van der Waals surface area contributed by atoms with Crippen molar-refractivity contribution < 1.29 is 23.9 Å². The first kappa shape index (κ1) is 20.2. The Morgan fingerprint density at radius 2 is 1.39 bits per heavy atom. The fraction of sp³-hybridized carbons (Fsp3) is 0.120. The van der Waals surface area contributed by atoms with Crippen LogP contribution in [0.25, 0.3) is 0 Å². The van der Waals surface area contributed by atoms with Gasteiger partial charge in [0.2, 0.25) is 0 Å². The minimum atomic E-state index is -1.02. The first-order chi connectivity index (χ1) is 14.9. The zero-order valence-electron chi connectivity index (χ0n) is 16.8. The molecule has 0 heterocycles. The normalized spacial score (nSPS) is 13.1. The van der Waals surface area contributed by atoms with Gasteiger partial charge >= 0.3 is 5.97 Å². The third-order valence-corrected chi connectivity index (χ3v) is 5.06. The Morgan fingerprint density at radius 3 is 2.06 bits per heavy atom. The molecule has 6 nitrogen and oxygen atoms in total. The zero-order chi connectivity index (χ0) is 22.0. The predicted octanol–water partition coefficient (Wildman–Crippen LogP) is 3.57. The number of carbonyl (C=O) groups is 4. The van der Waals surface area contributed by atoms with Crippen LogP contribution in [0.4, 0.5) is 5.69 Å². The lowest BCUT2D eigenvalue weighted by Crippen LogP contribution is -2.30. The molecular weight excluding hydrogens is 394 g/mol. The Balaban J connectivity index is 1.45. The van der Waals surface area contributed by atoms with Crippen molar-refractivity contribution in [3.63, 3.8) is 0 Å². The van der Waals surface area contributed by atoms with Gasteiger partial charge in [-0.2, -0.15) is 0 Å². The van der Waals surface area contributed by atoms with Gasteiger partial charge in [-0.25, -0.2) is 0 Å². The molecule has 31 heavy (non-hydrogen) atoms. The summed E-state index contributed by atoms with van der Waals surface area (Å²) in [7, 11) is 0. The van der Waals surface area contributed by atoms with E-state index in [2.05, 4.69) is 5.32 Å². The van der Waals surface area contributed by atoms with Crippen LogP contribution in [0.5, 0.6) is 0 Å². The minimum absolute atomic E-state index is 0.0628. The minimum Gasteiger partial charge on any atom is -0.452 e. The van der Waals surface area contributed by atoms with Crippen LogP contribution in [0.2, 0.25) is 0 Å². The van der Waals surface area contributed by atoms with Crippen LogP contribution in [0, 0.1) is 0 Å². The number of esters is 1. The Hall–Kier alpha value is -4.06. The number of nitrogens with one attached hydrogen (secondary N) is 1. The summed E-state index contributed by atoms with van der Waals surface area (Å²) in [6.45, 7) is 1.47. The predicted molar refractivity (Wildman–Crippen MR) is 114 cm³/mol. The van der Waals surface area contributed by atoms with Gasteiger partial charge in [-0.05, 0) is 30.7 Å². The summed E-state index contributed by atoms with van der Waals surface area (Å²) in [6, 6.07) is 20.3. The average Bonchev–Trinajstić information content (AvgIpc) is 2.78. The number of fused-ring (bicyclic) bond motifs is 2. The third-order valence-electron chi connectivity index (χ3n) is 5.06. The molecule has 1 N–H and O–H groups in total. The average molecular weight is 413 g/mol. The molecule has 0 bridgehead atoms. The molecule has 1 atom stereocenters. The molecule has 1 aliphatic carbocycles. The van der Waals surface area contributed by atoms with Gasteiger partial charge in [0.1, 0.15) is 0 Å². The number of amides is 1. The molecule has 3 aromatic rings. The highest BCUT2D eigenvalue weighted by atomic mass is 16.5. The van der Waals surface area contributed by atoms with Crippen molar-refractivity contribution >= 4 is 29.1 Å². The first-order valence-electron chi connectivity index (χ1n) is 9.81. The second kappa shape index (κ2) is 8.36. The molecule has 4 rings (SSSR count). The maximum Gasteiger partial charge on any atom is 0.311 e. The summed E-state index contributed by atoms with van der Waals surface area (Å²) in [5.74, 6) is -1.55. The standard InChI is InChI=1S/C25H19NO5/c1-15(31-22(27)13-16-7-3-2-4-8-16)25(30)26-17-11-12-20-21(14-17)24(29)19-10-6-5-9-18(19)23(20)28/h2-12,14-15H,13H2,1H3,(H,26,30)/t15-/m1/s1. The molecule has 0 aromatic heterocycles. The van der Waals surface area contributed by atoms with Crippen molar-refractivity contribution in [3.05, 3.63) is 101 Å². The molecule has 0 fully saturated rings. The summed E-state index contributed by atoms with van der Waals surface area (Å²) in [5.41, 5.74) is 2.37. The van der Waals surface area contributed by atoms with Crippen LogP contribution in [0.15, 0.2) is 72.8 Å². The lowest BCUT2D eigenvalue weighted by atomic mass is 9.84. The van der Waals surface area contributed by atoms with Crippen LogP contribution in [-0.4, -0.2) is 29.5 Å². The smallest absolute Gasteiger partial charge is 0.311 e. The number of hydrogen-bond acceptors (Lipinski definition) is 5. The van der Waals surface area contributed by atoms with Crippen LogP contribution >= 0.6 is 0 Å². The van der Waals surface area contributed by atoms with E-state index >= 15 is 0 Å². The molecule has 0 radical (unpaired) electrons. The molecule has 0 saturated heterocycles. The van der Waals surface area contributed by atoms with E-state index in [1.807, 2.05) is 18.2 Å². The van der Waals surface area contributed by atoms with Gasteiger partial charge in [0.25, 0.3) is 5.91 Å². The van der Waals surface area contributed by atoms with E-state index in [1.165, 1.54) is 19.1 Å². The zero-order valence-corrected chi connectivity index (χ0v) is 16.8. The van der Waals surface area contributed by atoms with Crippen molar-refractivity contribution in [1.82, 2.24) is 0 Å². The van der Waals surface area contributed by atoms with Gasteiger partial charge in [-0.15, -0.1) is 0 Å². The number of anilines is 1. The second-order valence-electron chi connectivity index (χ2n) is 7.25. The van der Waals surface area contributed by atoms with Crippen molar-refractivity contribution in [2.45, 2.75) is 19.4 Å². The fourth-order valence-electron chi connectivity index (χ4n) is 3.48. The SMILES string of the molecule is C[C@@H](OC(=O)Cc1ccccc1)C(=O)Nc1ccc2c(c1)C(=O)c1ccccc1C2=O. The molecule has 1 aliphatic rings. The summed E-state index contributed by atoms with van der Waals surface area (Å²) >= 11 is 0. The summed E-state index contributed by atoms with van der Waals surface area (Å²) in [6.07, 6.45) is -0.960. The van der Waals surface area contributed by atoms with E-state index in [0.29, 0.717) is 22.4 Å². The van der Waals surface area contributed by atoms with Gasteiger partial charge in [0.05, 0.1) is 6.42 Å².